The summed E-state index contributed by atoms with van der Waals surface area (Å²) in [7, 11) is 2.03. The maximum atomic E-state index is 3.31. The molecule has 0 fully saturated rings. The zero-order chi connectivity index (χ0) is 11.3. The Kier molecular flexibility index (Phi) is 4.83. The summed E-state index contributed by atoms with van der Waals surface area (Å²) in [5.41, 5.74) is 2.87. The summed E-state index contributed by atoms with van der Waals surface area (Å²) in [5, 5.41) is 3.31. The van der Waals surface area contributed by atoms with E-state index in [0.29, 0.717) is 12.0 Å². The van der Waals surface area contributed by atoms with Crippen LogP contribution in [0.3, 0.4) is 0 Å². The van der Waals surface area contributed by atoms with Crippen LogP contribution in [0.2, 0.25) is 0 Å². The van der Waals surface area contributed by atoms with Gasteiger partial charge in [-0.25, -0.2) is 0 Å². The van der Waals surface area contributed by atoms with Crippen LogP contribution >= 0.6 is 0 Å². The number of nitrogens with one attached hydrogen (secondary N) is 1. The standard InChI is InChI=1S/C14H23N/c1-5-13-6-8-14(9-7-13)10-11(2)12(3)15-4/h6-9,11-12,15H,5,10H2,1-4H3. The number of rotatable bonds is 5. The number of aryl methyl sites for hydroxylation is 1. The molecule has 0 bridgehead atoms. The lowest BCUT2D eigenvalue weighted by Gasteiger charge is -2.19. The van der Waals surface area contributed by atoms with Crippen molar-refractivity contribution >= 4 is 0 Å². The SMILES string of the molecule is CCc1ccc(CC(C)C(C)NC)cc1. The Morgan fingerprint density at radius 3 is 2.07 bits per heavy atom. The second-order valence-corrected chi connectivity index (χ2v) is 4.43. The van der Waals surface area contributed by atoms with E-state index in [-0.39, 0.29) is 0 Å². The summed E-state index contributed by atoms with van der Waals surface area (Å²) in [6, 6.07) is 9.59. The van der Waals surface area contributed by atoms with Gasteiger partial charge in [-0.1, -0.05) is 38.1 Å². The lowest BCUT2D eigenvalue weighted by atomic mass is 9.94. The molecule has 1 heteroatoms. The van der Waals surface area contributed by atoms with Crippen molar-refractivity contribution in [3.8, 4) is 0 Å². The first-order chi connectivity index (χ1) is 7.17. The molecule has 0 saturated carbocycles. The van der Waals surface area contributed by atoms with E-state index in [2.05, 4.69) is 50.4 Å². The average molecular weight is 205 g/mol. The second-order valence-electron chi connectivity index (χ2n) is 4.43. The Morgan fingerprint density at radius 2 is 1.60 bits per heavy atom. The third-order valence-electron chi connectivity index (χ3n) is 3.30. The minimum atomic E-state index is 0.579. The fourth-order valence-corrected chi connectivity index (χ4v) is 1.74. The van der Waals surface area contributed by atoms with Crippen molar-refractivity contribution in [3.05, 3.63) is 35.4 Å². The maximum absolute atomic E-state index is 3.31. The Balaban J connectivity index is 2.57. The molecule has 0 heterocycles. The van der Waals surface area contributed by atoms with Crippen molar-refractivity contribution in [2.45, 2.75) is 39.7 Å². The Hall–Kier alpha value is -0.820. The lowest BCUT2D eigenvalue weighted by molar-refractivity contribution is 0.424. The summed E-state index contributed by atoms with van der Waals surface area (Å²) in [6.07, 6.45) is 2.29. The predicted molar refractivity (Wildman–Crippen MR) is 67.2 cm³/mol. The molecule has 84 valence electrons. The first-order valence-electron chi connectivity index (χ1n) is 5.92. The van der Waals surface area contributed by atoms with Gasteiger partial charge in [-0.05, 0) is 43.9 Å². The molecule has 1 rings (SSSR count). The normalized spacial score (nSPS) is 14.9. The van der Waals surface area contributed by atoms with E-state index in [1.54, 1.807) is 0 Å². The third-order valence-corrected chi connectivity index (χ3v) is 3.30. The highest BCUT2D eigenvalue weighted by atomic mass is 14.9. The zero-order valence-electron chi connectivity index (χ0n) is 10.4. The molecule has 1 aromatic carbocycles. The Bertz CT molecular complexity index is 276. The highest BCUT2D eigenvalue weighted by Gasteiger charge is 2.10. The quantitative estimate of drug-likeness (QED) is 0.779. The molecule has 1 aromatic rings. The molecule has 0 saturated heterocycles. The van der Waals surface area contributed by atoms with Crippen LogP contribution in [0.15, 0.2) is 24.3 Å². The molecule has 0 aliphatic carbocycles. The zero-order valence-corrected chi connectivity index (χ0v) is 10.4. The molecule has 15 heavy (non-hydrogen) atoms. The molecular weight excluding hydrogens is 182 g/mol. The van der Waals surface area contributed by atoms with Gasteiger partial charge in [0.15, 0.2) is 0 Å². The topological polar surface area (TPSA) is 12.0 Å². The van der Waals surface area contributed by atoms with E-state index < -0.39 is 0 Å². The van der Waals surface area contributed by atoms with Gasteiger partial charge >= 0.3 is 0 Å². The molecule has 2 atom stereocenters. The molecule has 1 nitrogen and oxygen atoms in total. The van der Waals surface area contributed by atoms with E-state index in [9.17, 15) is 0 Å². The fourth-order valence-electron chi connectivity index (χ4n) is 1.74. The number of hydrogen-bond donors (Lipinski definition) is 1. The van der Waals surface area contributed by atoms with Crippen molar-refractivity contribution < 1.29 is 0 Å². The average Bonchev–Trinajstić information content (AvgIpc) is 2.29. The second kappa shape index (κ2) is 5.92. The summed E-state index contributed by atoms with van der Waals surface area (Å²) in [6.45, 7) is 6.74. The van der Waals surface area contributed by atoms with Crippen LogP contribution in [-0.2, 0) is 12.8 Å². The fraction of sp³-hybridized carbons (Fsp3) is 0.571. The van der Waals surface area contributed by atoms with Crippen LogP contribution in [0.1, 0.15) is 31.9 Å². The summed E-state index contributed by atoms with van der Waals surface area (Å²) in [5.74, 6) is 0.683. The third kappa shape index (κ3) is 3.67. The van der Waals surface area contributed by atoms with E-state index in [1.165, 1.54) is 11.1 Å². The van der Waals surface area contributed by atoms with E-state index in [0.717, 1.165) is 12.8 Å². The molecule has 2 unspecified atom stereocenters. The first kappa shape index (κ1) is 12.3. The van der Waals surface area contributed by atoms with Gasteiger partial charge in [0.1, 0.15) is 0 Å². The van der Waals surface area contributed by atoms with E-state index >= 15 is 0 Å². The highest BCUT2D eigenvalue weighted by Crippen LogP contribution is 2.13. The van der Waals surface area contributed by atoms with E-state index in [1.807, 2.05) is 7.05 Å². The van der Waals surface area contributed by atoms with Gasteiger partial charge in [-0.3, -0.25) is 0 Å². The van der Waals surface area contributed by atoms with Crippen molar-refractivity contribution in [3.63, 3.8) is 0 Å². The van der Waals surface area contributed by atoms with Gasteiger partial charge in [-0.2, -0.15) is 0 Å². The van der Waals surface area contributed by atoms with Gasteiger partial charge in [-0.15, -0.1) is 0 Å². The summed E-state index contributed by atoms with van der Waals surface area (Å²) < 4.78 is 0. The smallest absolute Gasteiger partial charge is 0.00645 e. The number of benzene rings is 1. The molecule has 1 N–H and O–H groups in total. The molecule has 0 radical (unpaired) electrons. The molecule has 0 aliphatic heterocycles. The monoisotopic (exact) mass is 205 g/mol. The lowest BCUT2D eigenvalue weighted by Crippen LogP contribution is -2.29. The Labute approximate surface area is 93.9 Å². The van der Waals surface area contributed by atoms with Gasteiger partial charge in [0.05, 0.1) is 0 Å². The van der Waals surface area contributed by atoms with Gasteiger partial charge in [0, 0.05) is 6.04 Å². The van der Waals surface area contributed by atoms with Crippen molar-refractivity contribution in [2.75, 3.05) is 7.05 Å². The van der Waals surface area contributed by atoms with Crippen LogP contribution in [-0.4, -0.2) is 13.1 Å². The largest absolute Gasteiger partial charge is 0.317 e. The minimum Gasteiger partial charge on any atom is -0.317 e. The molecule has 0 amide bonds. The molecule has 0 aromatic heterocycles. The number of hydrogen-bond acceptors (Lipinski definition) is 1. The first-order valence-corrected chi connectivity index (χ1v) is 5.92. The Morgan fingerprint density at radius 1 is 1.07 bits per heavy atom. The van der Waals surface area contributed by atoms with Gasteiger partial charge in [0.2, 0.25) is 0 Å². The molecular formula is C14H23N. The minimum absolute atomic E-state index is 0.579. The molecule has 0 spiro atoms. The van der Waals surface area contributed by atoms with Crippen LogP contribution in [0, 0.1) is 5.92 Å². The van der Waals surface area contributed by atoms with Crippen LogP contribution in [0.25, 0.3) is 0 Å². The predicted octanol–water partition coefficient (Wildman–Crippen LogP) is 3.04. The van der Waals surface area contributed by atoms with E-state index in [4.69, 9.17) is 0 Å². The maximum Gasteiger partial charge on any atom is 0.00645 e. The summed E-state index contributed by atoms with van der Waals surface area (Å²) in [4.78, 5) is 0. The van der Waals surface area contributed by atoms with Crippen LogP contribution in [0.4, 0.5) is 0 Å². The van der Waals surface area contributed by atoms with Crippen molar-refractivity contribution in [1.82, 2.24) is 5.32 Å². The van der Waals surface area contributed by atoms with Crippen LogP contribution < -0.4 is 5.32 Å². The van der Waals surface area contributed by atoms with Gasteiger partial charge in [0.25, 0.3) is 0 Å². The van der Waals surface area contributed by atoms with Gasteiger partial charge < -0.3 is 5.32 Å². The van der Waals surface area contributed by atoms with Crippen molar-refractivity contribution in [1.29, 1.82) is 0 Å². The highest BCUT2D eigenvalue weighted by molar-refractivity contribution is 5.22. The molecule has 0 aliphatic rings. The summed E-state index contributed by atoms with van der Waals surface area (Å²) >= 11 is 0. The van der Waals surface area contributed by atoms with Crippen molar-refractivity contribution in [2.24, 2.45) is 5.92 Å². The van der Waals surface area contributed by atoms with Crippen LogP contribution in [0.5, 0.6) is 0 Å².